The molecule has 0 aromatic carbocycles. The van der Waals surface area contributed by atoms with Crippen LogP contribution < -0.4 is 5.32 Å². The lowest BCUT2D eigenvalue weighted by molar-refractivity contribution is 0.0945. The van der Waals surface area contributed by atoms with E-state index in [1.54, 1.807) is 17.4 Å². The van der Waals surface area contributed by atoms with Crippen molar-refractivity contribution in [3.63, 3.8) is 0 Å². The summed E-state index contributed by atoms with van der Waals surface area (Å²) in [5.74, 6) is -0.210. The molecule has 3 nitrogen and oxygen atoms in total. The molecule has 0 unspecified atom stereocenters. The molecule has 0 saturated carbocycles. The van der Waals surface area contributed by atoms with Crippen molar-refractivity contribution in [1.29, 1.82) is 0 Å². The second kappa shape index (κ2) is 5.16. The van der Waals surface area contributed by atoms with Gasteiger partial charge in [0.15, 0.2) is 0 Å². The third-order valence-electron chi connectivity index (χ3n) is 2.74. The van der Waals surface area contributed by atoms with Crippen molar-refractivity contribution in [3.8, 4) is 0 Å². The maximum absolute atomic E-state index is 11.9. The number of carbonyl (C=O) groups excluding carboxylic acids is 1. The van der Waals surface area contributed by atoms with Crippen LogP contribution in [-0.2, 0) is 5.41 Å². The molecule has 5 heteroatoms. The molecule has 1 N–H and O–H groups in total. The van der Waals surface area contributed by atoms with Gasteiger partial charge in [-0.3, -0.25) is 4.79 Å². The molecule has 2 aromatic heterocycles. The Morgan fingerprint density at radius 2 is 2.28 bits per heavy atom. The van der Waals surface area contributed by atoms with E-state index in [4.69, 9.17) is 16.0 Å². The van der Waals surface area contributed by atoms with E-state index in [0.29, 0.717) is 12.1 Å². The van der Waals surface area contributed by atoms with Gasteiger partial charge in [0, 0.05) is 16.8 Å². The fraction of sp³-hybridized carbons (Fsp3) is 0.308. The van der Waals surface area contributed by atoms with E-state index in [0.717, 1.165) is 0 Å². The van der Waals surface area contributed by atoms with Gasteiger partial charge in [-0.25, -0.2) is 0 Å². The summed E-state index contributed by atoms with van der Waals surface area (Å²) < 4.78 is 4.90. The topological polar surface area (TPSA) is 42.2 Å². The molecule has 2 heterocycles. The number of rotatable bonds is 4. The van der Waals surface area contributed by atoms with Crippen LogP contribution >= 0.6 is 22.9 Å². The summed E-state index contributed by atoms with van der Waals surface area (Å²) in [6, 6.07) is 5.65. The maximum atomic E-state index is 11.9. The highest BCUT2D eigenvalue weighted by Crippen LogP contribution is 2.27. The molecule has 0 atom stereocenters. The van der Waals surface area contributed by atoms with Crippen molar-refractivity contribution < 1.29 is 9.21 Å². The van der Waals surface area contributed by atoms with E-state index in [1.165, 1.54) is 11.1 Å². The Kier molecular flexibility index (Phi) is 3.78. The van der Waals surface area contributed by atoms with Crippen molar-refractivity contribution in [2.75, 3.05) is 6.54 Å². The average Bonchev–Trinajstić information content (AvgIpc) is 2.96. The molecule has 0 spiro atoms. The molecule has 0 fully saturated rings. The highest BCUT2D eigenvalue weighted by atomic mass is 35.5. The van der Waals surface area contributed by atoms with Gasteiger partial charge in [0.1, 0.15) is 0 Å². The molecule has 96 valence electrons. The number of halogens is 1. The lowest BCUT2D eigenvalue weighted by Crippen LogP contribution is -2.36. The molecule has 0 aliphatic rings. The Bertz CT molecular complexity index is 531. The van der Waals surface area contributed by atoms with E-state index in [2.05, 4.69) is 25.2 Å². The summed E-state index contributed by atoms with van der Waals surface area (Å²) in [6.45, 7) is 4.74. The maximum Gasteiger partial charge on any atom is 0.256 e. The monoisotopic (exact) mass is 283 g/mol. The van der Waals surface area contributed by atoms with Crippen LogP contribution in [0.15, 0.2) is 34.3 Å². The third-order valence-corrected chi connectivity index (χ3v) is 4.27. The van der Waals surface area contributed by atoms with Crippen LogP contribution in [0.1, 0.15) is 29.1 Å². The zero-order valence-electron chi connectivity index (χ0n) is 10.2. The zero-order valence-corrected chi connectivity index (χ0v) is 11.8. The standard InChI is InChI=1S/C13H14ClNO2S/c1-13(2,10-4-3-7-18-10)8-15-12(16)9-5-6-17-11(9)14/h3-7H,8H2,1-2H3,(H,15,16). The Balaban J connectivity index is 2.00. The van der Waals surface area contributed by atoms with Crippen molar-refractivity contribution in [2.24, 2.45) is 0 Å². The van der Waals surface area contributed by atoms with Gasteiger partial charge in [0.25, 0.3) is 5.91 Å². The van der Waals surface area contributed by atoms with Crippen LogP contribution in [-0.4, -0.2) is 12.5 Å². The Hall–Kier alpha value is -1.26. The van der Waals surface area contributed by atoms with Crippen LogP contribution in [0, 0.1) is 0 Å². The minimum atomic E-state index is -0.210. The van der Waals surface area contributed by atoms with E-state index in [1.807, 2.05) is 11.4 Å². The van der Waals surface area contributed by atoms with Crippen LogP contribution in [0.25, 0.3) is 0 Å². The number of hydrogen-bond acceptors (Lipinski definition) is 3. The summed E-state index contributed by atoms with van der Waals surface area (Å²) >= 11 is 7.45. The number of thiophene rings is 1. The number of hydrogen-bond donors (Lipinski definition) is 1. The number of nitrogens with one attached hydrogen (secondary N) is 1. The second-order valence-electron chi connectivity index (χ2n) is 4.65. The first-order valence-corrected chi connectivity index (χ1v) is 6.81. The first-order chi connectivity index (χ1) is 8.50. The van der Waals surface area contributed by atoms with Crippen molar-refractivity contribution in [1.82, 2.24) is 5.32 Å². The summed E-state index contributed by atoms with van der Waals surface area (Å²) in [7, 11) is 0. The predicted octanol–water partition coefficient (Wildman–Crippen LogP) is 3.70. The summed E-state index contributed by atoms with van der Waals surface area (Å²) in [5, 5.41) is 5.04. The van der Waals surface area contributed by atoms with E-state index >= 15 is 0 Å². The summed E-state index contributed by atoms with van der Waals surface area (Å²) in [5.41, 5.74) is 0.277. The van der Waals surface area contributed by atoms with E-state index < -0.39 is 0 Å². The van der Waals surface area contributed by atoms with Gasteiger partial charge in [-0.15, -0.1) is 11.3 Å². The normalized spacial score (nSPS) is 11.5. The van der Waals surface area contributed by atoms with Crippen LogP contribution in [0.2, 0.25) is 5.22 Å². The van der Waals surface area contributed by atoms with Gasteiger partial charge in [0.05, 0.1) is 11.8 Å². The average molecular weight is 284 g/mol. The minimum Gasteiger partial charge on any atom is -0.452 e. The smallest absolute Gasteiger partial charge is 0.256 e. The fourth-order valence-corrected chi connectivity index (χ4v) is 2.66. The molecule has 0 bridgehead atoms. The molecule has 0 aliphatic heterocycles. The van der Waals surface area contributed by atoms with Gasteiger partial charge in [0.2, 0.25) is 5.22 Å². The lowest BCUT2D eigenvalue weighted by atomic mass is 9.91. The van der Waals surface area contributed by atoms with Gasteiger partial charge < -0.3 is 9.73 Å². The first-order valence-electron chi connectivity index (χ1n) is 5.56. The second-order valence-corrected chi connectivity index (χ2v) is 5.94. The molecule has 2 rings (SSSR count). The van der Waals surface area contributed by atoms with Crippen LogP contribution in [0.3, 0.4) is 0 Å². The summed E-state index contributed by atoms with van der Waals surface area (Å²) in [6.07, 6.45) is 1.40. The molecular formula is C13H14ClNO2S. The van der Waals surface area contributed by atoms with Gasteiger partial charge in [-0.1, -0.05) is 19.9 Å². The molecule has 18 heavy (non-hydrogen) atoms. The van der Waals surface area contributed by atoms with Gasteiger partial charge in [-0.05, 0) is 29.1 Å². The van der Waals surface area contributed by atoms with E-state index in [-0.39, 0.29) is 16.5 Å². The third kappa shape index (κ3) is 2.76. The highest BCUT2D eigenvalue weighted by molar-refractivity contribution is 7.10. The Morgan fingerprint density at radius 3 is 2.83 bits per heavy atom. The molecule has 2 aromatic rings. The molecule has 0 saturated heterocycles. The summed E-state index contributed by atoms with van der Waals surface area (Å²) in [4.78, 5) is 13.1. The predicted molar refractivity (Wildman–Crippen MR) is 73.4 cm³/mol. The van der Waals surface area contributed by atoms with Gasteiger partial charge >= 0.3 is 0 Å². The lowest BCUT2D eigenvalue weighted by Gasteiger charge is -2.23. The van der Waals surface area contributed by atoms with E-state index in [9.17, 15) is 4.79 Å². The molecular weight excluding hydrogens is 270 g/mol. The molecule has 1 amide bonds. The SMILES string of the molecule is CC(C)(CNC(=O)c1ccoc1Cl)c1cccs1. The fourth-order valence-electron chi connectivity index (χ4n) is 1.60. The quantitative estimate of drug-likeness (QED) is 0.929. The largest absolute Gasteiger partial charge is 0.452 e. The number of carbonyl (C=O) groups is 1. The molecule has 0 radical (unpaired) electrons. The number of furan rings is 1. The highest BCUT2D eigenvalue weighted by Gasteiger charge is 2.23. The van der Waals surface area contributed by atoms with Gasteiger partial charge in [-0.2, -0.15) is 0 Å². The van der Waals surface area contributed by atoms with Crippen LogP contribution in [0.5, 0.6) is 0 Å². The van der Waals surface area contributed by atoms with Crippen molar-refractivity contribution in [3.05, 3.63) is 45.5 Å². The zero-order chi connectivity index (χ0) is 13.2. The van der Waals surface area contributed by atoms with Crippen molar-refractivity contribution >= 4 is 28.8 Å². The first kappa shape index (κ1) is 13.2. The minimum absolute atomic E-state index is 0.0972. The number of amides is 1. The van der Waals surface area contributed by atoms with Crippen molar-refractivity contribution in [2.45, 2.75) is 19.3 Å². The van der Waals surface area contributed by atoms with Crippen LogP contribution in [0.4, 0.5) is 0 Å². The molecule has 0 aliphatic carbocycles. The Labute approximate surface area is 115 Å². The Morgan fingerprint density at radius 1 is 1.50 bits per heavy atom.